The molecule has 0 bridgehead atoms. The summed E-state index contributed by atoms with van der Waals surface area (Å²) >= 11 is 6.01. The minimum absolute atomic E-state index is 0.0544. The third kappa shape index (κ3) is 7.43. The van der Waals surface area contributed by atoms with E-state index in [-0.39, 0.29) is 24.2 Å². The molecule has 1 N–H and O–H groups in total. The average molecular weight is 538 g/mol. The highest BCUT2D eigenvalue weighted by Gasteiger charge is 2.33. The van der Waals surface area contributed by atoms with Gasteiger partial charge in [0.1, 0.15) is 18.4 Å². The predicted octanol–water partition coefficient (Wildman–Crippen LogP) is 4.50. The van der Waals surface area contributed by atoms with E-state index in [2.05, 4.69) is 5.32 Å². The van der Waals surface area contributed by atoms with Crippen molar-refractivity contribution < 1.29 is 22.4 Å². The molecule has 1 unspecified atom stereocenters. The fourth-order valence-corrected chi connectivity index (χ4v) is 5.48. The van der Waals surface area contributed by atoms with E-state index >= 15 is 0 Å². The third-order valence-electron chi connectivity index (χ3n) is 6.40. The molecule has 36 heavy (non-hydrogen) atoms. The Morgan fingerprint density at radius 3 is 2.31 bits per heavy atom. The average Bonchev–Trinajstić information content (AvgIpc) is 2.84. The van der Waals surface area contributed by atoms with Gasteiger partial charge in [-0.15, -0.1) is 0 Å². The monoisotopic (exact) mass is 537 g/mol. The molecule has 196 valence electrons. The first-order valence-corrected chi connectivity index (χ1v) is 14.4. The molecule has 2 aromatic carbocycles. The summed E-state index contributed by atoms with van der Waals surface area (Å²) in [5.74, 6) is -1.64. The number of anilines is 1. The Hall–Kier alpha value is -2.65. The van der Waals surface area contributed by atoms with Gasteiger partial charge in [-0.25, -0.2) is 12.8 Å². The lowest BCUT2D eigenvalue weighted by molar-refractivity contribution is -0.140. The topological polar surface area (TPSA) is 86.8 Å². The number of para-hydroxylation sites is 1. The number of carbonyl (C=O) groups is 2. The Labute approximate surface area is 217 Å². The molecule has 1 fully saturated rings. The highest BCUT2D eigenvalue weighted by Crippen LogP contribution is 2.23. The summed E-state index contributed by atoms with van der Waals surface area (Å²) in [6.45, 7) is 1.24. The van der Waals surface area contributed by atoms with Crippen LogP contribution in [-0.4, -0.2) is 50.0 Å². The molecule has 0 spiro atoms. The molecule has 0 heterocycles. The van der Waals surface area contributed by atoms with Gasteiger partial charge in [-0.3, -0.25) is 13.9 Å². The molecular weight excluding hydrogens is 505 g/mol. The summed E-state index contributed by atoms with van der Waals surface area (Å²) in [6.07, 6.45) is 6.26. The summed E-state index contributed by atoms with van der Waals surface area (Å²) in [5.41, 5.74) is 0.507. The first-order chi connectivity index (χ1) is 17.1. The predicted molar refractivity (Wildman–Crippen MR) is 140 cm³/mol. The minimum atomic E-state index is -4.00. The summed E-state index contributed by atoms with van der Waals surface area (Å²) in [5, 5.41) is 3.61. The van der Waals surface area contributed by atoms with Gasteiger partial charge in [-0.2, -0.15) is 0 Å². The van der Waals surface area contributed by atoms with Gasteiger partial charge in [-0.1, -0.05) is 62.1 Å². The van der Waals surface area contributed by atoms with Crippen LogP contribution in [-0.2, 0) is 26.2 Å². The quantitative estimate of drug-likeness (QED) is 0.483. The number of carbonyl (C=O) groups excluding carboxylic acids is 2. The van der Waals surface area contributed by atoms with Crippen molar-refractivity contribution in [3.05, 3.63) is 64.9 Å². The van der Waals surface area contributed by atoms with E-state index in [1.54, 1.807) is 31.2 Å². The van der Waals surface area contributed by atoms with Crippen LogP contribution in [0, 0.1) is 5.82 Å². The number of rotatable bonds is 10. The summed E-state index contributed by atoms with van der Waals surface area (Å²) in [4.78, 5) is 28.3. The summed E-state index contributed by atoms with van der Waals surface area (Å²) < 4.78 is 40.4. The van der Waals surface area contributed by atoms with E-state index in [0.717, 1.165) is 54.3 Å². The SMILES string of the molecule is CCC(C(=O)NC1CCCCC1)N(Cc1ccc(Cl)cc1)C(=O)CN(c1ccccc1F)S(C)(=O)=O. The zero-order valence-corrected chi connectivity index (χ0v) is 22.2. The lowest BCUT2D eigenvalue weighted by Gasteiger charge is -2.34. The second-order valence-corrected chi connectivity index (χ2v) is 11.5. The van der Waals surface area contributed by atoms with E-state index in [1.807, 2.05) is 0 Å². The van der Waals surface area contributed by atoms with Crippen molar-refractivity contribution in [2.45, 2.75) is 64.1 Å². The number of hydrogen-bond donors (Lipinski definition) is 1. The third-order valence-corrected chi connectivity index (χ3v) is 7.78. The molecule has 3 rings (SSSR count). The number of hydrogen-bond acceptors (Lipinski definition) is 4. The van der Waals surface area contributed by atoms with E-state index < -0.39 is 34.3 Å². The van der Waals surface area contributed by atoms with Crippen LogP contribution in [0.1, 0.15) is 51.0 Å². The van der Waals surface area contributed by atoms with Gasteiger partial charge in [0, 0.05) is 17.6 Å². The smallest absolute Gasteiger partial charge is 0.244 e. The first-order valence-electron chi connectivity index (χ1n) is 12.2. The van der Waals surface area contributed by atoms with E-state index in [1.165, 1.54) is 23.1 Å². The van der Waals surface area contributed by atoms with E-state index in [0.29, 0.717) is 11.4 Å². The molecule has 7 nitrogen and oxygen atoms in total. The molecule has 1 aliphatic carbocycles. The van der Waals surface area contributed by atoms with Crippen LogP contribution in [0.25, 0.3) is 0 Å². The molecule has 2 aromatic rings. The van der Waals surface area contributed by atoms with Crippen molar-refractivity contribution in [2.75, 3.05) is 17.1 Å². The van der Waals surface area contributed by atoms with Crippen LogP contribution in [0.5, 0.6) is 0 Å². The summed E-state index contributed by atoms with van der Waals surface area (Å²) in [7, 11) is -4.00. The first kappa shape index (κ1) is 27.9. The number of nitrogens with one attached hydrogen (secondary N) is 1. The molecule has 10 heteroatoms. The van der Waals surface area contributed by atoms with Gasteiger partial charge in [0.25, 0.3) is 0 Å². The van der Waals surface area contributed by atoms with Crippen molar-refractivity contribution >= 4 is 39.1 Å². The molecule has 0 saturated heterocycles. The van der Waals surface area contributed by atoms with Crippen molar-refractivity contribution in [3.63, 3.8) is 0 Å². The maximum Gasteiger partial charge on any atom is 0.244 e. The Balaban J connectivity index is 1.91. The standard InChI is InChI=1S/C26H33ClFN3O4S/c1-3-23(26(33)29-21-9-5-4-6-10-21)30(17-19-13-15-20(27)16-14-19)25(32)18-31(36(2,34)35)24-12-8-7-11-22(24)28/h7-8,11-16,21,23H,3-6,9-10,17-18H2,1-2H3,(H,29,33). The fraction of sp³-hybridized carbons (Fsp3) is 0.462. The fourth-order valence-electron chi connectivity index (χ4n) is 4.50. The molecule has 0 aromatic heterocycles. The molecule has 0 radical (unpaired) electrons. The zero-order valence-electron chi connectivity index (χ0n) is 20.6. The van der Waals surface area contributed by atoms with Gasteiger partial charge < -0.3 is 10.2 Å². The number of halogens is 2. The number of benzene rings is 2. The van der Waals surface area contributed by atoms with Crippen molar-refractivity contribution in [1.29, 1.82) is 0 Å². The van der Waals surface area contributed by atoms with Gasteiger partial charge in [0.05, 0.1) is 11.9 Å². The van der Waals surface area contributed by atoms with Crippen LogP contribution < -0.4 is 9.62 Å². The van der Waals surface area contributed by atoms with Crippen LogP contribution in [0.15, 0.2) is 48.5 Å². The van der Waals surface area contributed by atoms with Gasteiger partial charge in [0.15, 0.2) is 0 Å². The normalized spacial score (nSPS) is 15.2. The minimum Gasteiger partial charge on any atom is -0.352 e. The van der Waals surface area contributed by atoms with Crippen molar-refractivity contribution in [2.24, 2.45) is 0 Å². The maximum atomic E-state index is 14.5. The highest BCUT2D eigenvalue weighted by molar-refractivity contribution is 7.92. The van der Waals surface area contributed by atoms with Crippen molar-refractivity contribution in [1.82, 2.24) is 10.2 Å². The second kappa shape index (κ2) is 12.5. The molecule has 1 saturated carbocycles. The van der Waals surface area contributed by atoms with E-state index in [9.17, 15) is 22.4 Å². The number of sulfonamides is 1. The number of nitrogens with zero attached hydrogens (tertiary/aromatic N) is 2. The zero-order chi connectivity index (χ0) is 26.3. The second-order valence-electron chi connectivity index (χ2n) is 9.14. The van der Waals surface area contributed by atoms with Crippen LogP contribution >= 0.6 is 11.6 Å². The van der Waals surface area contributed by atoms with Crippen molar-refractivity contribution in [3.8, 4) is 0 Å². The van der Waals surface area contributed by atoms with Gasteiger partial charge in [0.2, 0.25) is 21.8 Å². The highest BCUT2D eigenvalue weighted by atomic mass is 35.5. The van der Waals surface area contributed by atoms with Gasteiger partial charge in [-0.05, 0) is 49.1 Å². The van der Waals surface area contributed by atoms with E-state index in [4.69, 9.17) is 11.6 Å². The molecular formula is C26H33ClFN3O4S. The Morgan fingerprint density at radius 2 is 1.72 bits per heavy atom. The Morgan fingerprint density at radius 1 is 1.08 bits per heavy atom. The van der Waals surface area contributed by atoms with Crippen LogP contribution in [0.3, 0.4) is 0 Å². The Kier molecular flexibility index (Phi) is 9.73. The van der Waals surface area contributed by atoms with Gasteiger partial charge >= 0.3 is 0 Å². The summed E-state index contributed by atoms with van der Waals surface area (Å²) in [6, 6.07) is 11.5. The van der Waals surface area contributed by atoms with Crippen LogP contribution in [0.4, 0.5) is 10.1 Å². The van der Waals surface area contributed by atoms with Crippen LogP contribution in [0.2, 0.25) is 5.02 Å². The molecule has 1 aliphatic rings. The maximum absolute atomic E-state index is 14.5. The Bertz CT molecular complexity index is 1150. The molecule has 1 atom stereocenters. The lowest BCUT2D eigenvalue weighted by Crippen LogP contribution is -2.54. The lowest BCUT2D eigenvalue weighted by atomic mass is 9.95. The largest absolute Gasteiger partial charge is 0.352 e. The number of amides is 2. The molecule has 0 aliphatic heterocycles. The molecule has 2 amide bonds.